The maximum absolute atomic E-state index is 12.6. The van der Waals surface area contributed by atoms with E-state index in [2.05, 4.69) is 5.10 Å². The molecule has 7 heteroatoms. The zero-order valence-electron chi connectivity index (χ0n) is 15.2. The molecule has 0 spiro atoms. The first kappa shape index (κ1) is 18.8. The van der Waals surface area contributed by atoms with Crippen LogP contribution in [0.15, 0.2) is 67.0 Å². The molecule has 0 saturated carbocycles. The number of hydrogen-bond donors (Lipinski definition) is 0. The van der Waals surface area contributed by atoms with Gasteiger partial charge in [0.1, 0.15) is 0 Å². The van der Waals surface area contributed by atoms with Crippen molar-refractivity contribution in [1.29, 1.82) is 0 Å². The molecule has 0 saturated heterocycles. The Kier molecular flexibility index (Phi) is 5.41. The van der Waals surface area contributed by atoms with E-state index in [9.17, 15) is 13.2 Å². The minimum absolute atomic E-state index is 0.0318. The minimum Gasteiger partial charge on any atom is -0.337 e. The van der Waals surface area contributed by atoms with Crippen molar-refractivity contribution in [2.75, 3.05) is 13.3 Å². The summed E-state index contributed by atoms with van der Waals surface area (Å²) in [5.41, 5.74) is 3.06. The molecule has 2 aromatic carbocycles. The van der Waals surface area contributed by atoms with Crippen molar-refractivity contribution >= 4 is 15.7 Å². The lowest BCUT2D eigenvalue weighted by atomic mass is 10.1. The molecule has 140 valence electrons. The van der Waals surface area contributed by atoms with Crippen molar-refractivity contribution < 1.29 is 13.2 Å². The van der Waals surface area contributed by atoms with Gasteiger partial charge in [0.25, 0.3) is 5.91 Å². The number of carbonyl (C=O) groups excluding carboxylic acids is 1. The van der Waals surface area contributed by atoms with Crippen LogP contribution in [0.3, 0.4) is 0 Å². The largest absolute Gasteiger partial charge is 0.337 e. The monoisotopic (exact) mass is 383 g/mol. The summed E-state index contributed by atoms with van der Waals surface area (Å²) in [6.45, 7) is 0.427. The van der Waals surface area contributed by atoms with Gasteiger partial charge in [0.05, 0.1) is 17.6 Å². The number of sulfone groups is 1. The Balaban J connectivity index is 1.66. The van der Waals surface area contributed by atoms with Gasteiger partial charge in [-0.1, -0.05) is 30.3 Å². The maximum Gasteiger partial charge on any atom is 0.253 e. The summed E-state index contributed by atoms with van der Waals surface area (Å²) in [7, 11) is -1.36. The molecule has 0 aliphatic carbocycles. The van der Waals surface area contributed by atoms with E-state index in [4.69, 9.17) is 0 Å². The number of rotatable bonds is 6. The first-order chi connectivity index (χ1) is 12.8. The average molecular weight is 383 g/mol. The Bertz CT molecular complexity index is 1030. The van der Waals surface area contributed by atoms with Crippen LogP contribution in [0.25, 0.3) is 5.69 Å². The van der Waals surface area contributed by atoms with Crippen LogP contribution in [0, 0.1) is 0 Å². The zero-order chi connectivity index (χ0) is 19.4. The molecule has 3 aromatic rings. The second-order valence-electron chi connectivity index (χ2n) is 6.56. The Hall–Kier alpha value is -2.93. The third-order valence-corrected chi connectivity index (χ3v) is 4.91. The highest BCUT2D eigenvalue weighted by atomic mass is 32.2. The van der Waals surface area contributed by atoms with Gasteiger partial charge in [-0.2, -0.15) is 5.10 Å². The van der Waals surface area contributed by atoms with E-state index in [0.717, 1.165) is 11.3 Å². The van der Waals surface area contributed by atoms with E-state index in [1.54, 1.807) is 47.1 Å². The van der Waals surface area contributed by atoms with E-state index in [-0.39, 0.29) is 11.7 Å². The minimum atomic E-state index is -3.09. The van der Waals surface area contributed by atoms with E-state index in [0.29, 0.717) is 17.7 Å². The van der Waals surface area contributed by atoms with Crippen LogP contribution in [0.1, 0.15) is 21.5 Å². The number of aromatic nitrogens is 2. The van der Waals surface area contributed by atoms with Gasteiger partial charge in [0, 0.05) is 37.2 Å². The normalized spacial score (nSPS) is 11.3. The molecular formula is C20H21N3O3S. The predicted molar refractivity (Wildman–Crippen MR) is 104 cm³/mol. The lowest BCUT2D eigenvalue weighted by Gasteiger charge is -2.16. The summed E-state index contributed by atoms with van der Waals surface area (Å²) >= 11 is 0. The second-order valence-corrected chi connectivity index (χ2v) is 8.70. The van der Waals surface area contributed by atoms with E-state index >= 15 is 0 Å². The maximum atomic E-state index is 12.6. The Morgan fingerprint density at radius 3 is 2.33 bits per heavy atom. The van der Waals surface area contributed by atoms with Gasteiger partial charge in [-0.05, 0) is 29.8 Å². The predicted octanol–water partition coefficient (Wildman–Crippen LogP) is 2.69. The summed E-state index contributed by atoms with van der Waals surface area (Å²) in [5, 5.41) is 4.34. The van der Waals surface area contributed by atoms with E-state index in [1.807, 2.05) is 36.5 Å². The fourth-order valence-electron chi connectivity index (χ4n) is 2.78. The van der Waals surface area contributed by atoms with Gasteiger partial charge < -0.3 is 4.90 Å². The molecule has 1 aromatic heterocycles. The van der Waals surface area contributed by atoms with Crippen LogP contribution in [-0.4, -0.2) is 42.3 Å². The number of amides is 1. The highest BCUT2D eigenvalue weighted by Crippen LogP contribution is 2.13. The number of hydrogen-bond acceptors (Lipinski definition) is 4. The SMILES string of the molecule is CN(Cc1cnn(-c2ccccc2)c1)C(=O)c1ccc(CS(C)(=O)=O)cc1. The van der Waals surface area contributed by atoms with Crippen molar-refractivity contribution in [3.05, 3.63) is 83.7 Å². The van der Waals surface area contributed by atoms with Crippen LogP contribution in [0.4, 0.5) is 0 Å². The van der Waals surface area contributed by atoms with Crippen LogP contribution < -0.4 is 0 Å². The van der Waals surface area contributed by atoms with Crippen LogP contribution in [0.5, 0.6) is 0 Å². The standard InChI is InChI=1S/C20H21N3O3S/c1-22(13-17-12-21-23(14-17)19-6-4-3-5-7-19)20(24)18-10-8-16(9-11-18)15-27(2,25)26/h3-12,14H,13,15H2,1-2H3. The molecule has 0 fully saturated rings. The van der Waals surface area contributed by atoms with E-state index < -0.39 is 9.84 Å². The molecule has 27 heavy (non-hydrogen) atoms. The first-order valence-electron chi connectivity index (χ1n) is 8.43. The fraction of sp³-hybridized carbons (Fsp3) is 0.200. The average Bonchev–Trinajstić information content (AvgIpc) is 3.09. The number of carbonyl (C=O) groups is 1. The fourth-order valence-corrected chi connectivity index (χ4v) is 3.57. The Morgan fingerprint density at radius 2 is 1.70 bits per heavy atom. The summed E-state index contributed by atoms with van der Waals surface area (Å²) in [4.78, 5) is 14.2. The molecule has 0 aliphatic rings. The Morgan fingerprint density at radius 1 is 1.04 bits per heavy atom. The quantitative estimate of drug-likeness (QED) is 0.656. The number of nitrogens with zero attached hydrogens (tertiary/aromatic N) is 3. The highest BCUT2D eigenvalue weighted by Gasteiger charge is 2.14. The number of benzene rings is 2. The lowest BCUT2D eigenvalue weighted by molar-refractivity contribution is 0.0785. The van der Waals surface area contributed by atoms with Gasteiger partial charge >= 0.3 is 0 Å². The molecule has 1 heterocycles. The van der Waals surface area contributed by atoms with E-state index in [1.165, 1.54) is 6.26 Å². The summed E-state index contributed by atoms with van der Waals surface area (Å²) in [6, 6.07) is 16.4. The second kappa shape index (κ2) is 7.75. The van der Waals surface area contributed by atoms with Crippen molar-refractivity contribution in [3.8, 4) is 5.69 Å². The topological polar surface area (TPSA) is 72.3 Å². The van der Waals surface area contributed by atoms with Crippen LogP contribution in [-0.2, 0) is 22.1 Å². The summed E-state index contributed by atoms with van der Waals surface area (Å²) in [6.07, 6.45) is 4.83. The van der Waals surface area contributed by atoms with Crippen molar-refractivity contribution in [1.82, 2.24) is 14.7 Å². The third kappa shape index (κ3) is 5.04. The zero-order valence-corrected chi connectivity index (χ0v) is 16.1. The smallest absolute Gasteiger partial charge is 0.253 e. The molecule has 0 unspecified atom stereocenters. The van der Waals surface area contributed by atoms with Crippen LogP contribution in [0.2, 0.25) is 0 Å². The van der Waals surface area contributed by atoms with Gasteiger partial charge in [0.15, 0.2) is 9.84 Å². The van der Waals surface area contributed by atoms with Crippen molar-refractivity contribution in [2.45, 2.75) is 12.3 Å². The molecule has 0 aliphatic heterocycles. The summed E-state index contributed by atoms with van der Waals surface area (Å²) in [5.74, 6) is -0.163. The van der Waals surface area contributed by atoms with Gasteiger partial charge in [0.2, 0.25) is 0 Å². The van der Waals surface area contributed by atoms with Gasteiger partial charge in [-0.3, -0.25) is 4.79 Å². The molecule has 0 bridgehead atoms. The van der Waals surface area contributed by atoms with Crippen LogP contribution >= 0.6 is 0 Å². The molecular weight excluding hydrogens is 362 g/mol. The summed E-state index contributed by atoms with van der Waals surface area (Å²) < 4.78 is 24.5. The molecule has 0 atom stereocenters. The highest BCUT2D eigenvalue weighted by molar-refractivity contribution is 7.89. The molecule has 1 amide bonds. The third-order valence-electron chi connectivity index (χ3n) is 4.05. The Labute approximate surface area is 159 Å². The van der Waals surface area contributed by atoms with Gasteiger partial charge in [-0.25, -0.2) is 13.1 Å². The molecule has 3 rings (SSSR count). The number of para-hydroxylation sites is 1. The molecule has 6 nitrogen and oxygen atoms in total. The van der Waals surface area contributed by atoms with Crippen molar-refractivity contribution in [3.63, 3.8) is 0 Å². The molecule has 0 N–H and O–H groups in total. The first-order valence-corrected chi connectivity index (χ1v) is 10.5. The van der Waals surface area contributed by atoms with Gasteiger partial charge in [-0.15, -0.1) is 0 Å². The molecule has 0 radical (unpaired) electrons. The van der Waals surface area contributed by atoms with Crippen molar-refractivity contribution in [2.24, 2.45) is 0 Å². The lowest BCUT2D eigenvalue weighted by Crippen LogP contribution is -2.26.